The second-order valence-corrected chi connectivity index (χ2v) is 7.15. The average molecular weight is 294 g/mol. The summed E-state index contributed by atoms with van der Waals surface area (Å²) in [5.41, 5.74) is 5.04. The van der Waals surface area contributed by atoms with E-state index in [9.17, 15) is 4.79 Å². The molecule has 0 spiro atoms. The lowest BCUT2D eigenvalue weighted by molar-refractivity contribution is -0.118. The molecule has 2 aromatic carbocycles. The van der Waals surface area contributed by atoms with Gasteiger partial charge in [0.25, 0.3) is 0 Å². The number of hydrogen-bond donors (Lipinski definition) is 0. The van der Waals surface area contributed by atoms with Crippen LogP contribution in [-0.4, -0.2) is 5.78 Å². The summed E-state index contributed by atoms with van der Waals surface area (Å²) in [6.07, 6.45) is 1.98. The molecule has 2 aromatic rings. The summed E-state index contributed by atoms with van der Waals surface area (Å²) in [5, 5.41) is 0. The van der Waals surface area contributed by atoms with Gasteiger partial charge in [0, 0.05) is 12.8 Å². The fraction of sp³-hybridized carbons (Fsp3) is 0.381. The minimum absolute atomic E-state index is 0.126. The van der Waals surface area contributed by atoms with E-state index in [2.05, 4.69) is 76.2 Å². The third kappa shape index (κ3) is 4.84. The Bertz CT molecular complexity index is 630. The maximum atomic E-state index is 12.2. The molecular formula is C21H26O. The molecule has 0 aromatic heterocycles. The first kappa shape index (κ1) is 16.5. The quantitative estimate of drug-likeness (QED) is 0.755. The van der Waals surface area contributed by atoms with Crippen molar-refractivity contribution in [3.8, 4) is 0 Å². The van der Waals surface area contributed by atoms with Crippen molar-refractivity contribution in [3.63, 3.8) is 0 Å². The zero-order chi connectivity index (χ0) is 16.2. The lowest BCUT2D eigenvalue weighted by Gasteiger charge is -2.19. The normalized spacial score (nSPS) is 11.5. The molecule has 0 fully saturated rings. The van der Waals surface area contributed by atoms with E-state index in [-0.39, 0.29) is 5.41 Å². The van der Waals surface area contributed by atoms with Gasteiger partial charge in [-0.2, -0.15) is 0 Å². The molecule has 1 heteroatoms. The first-order valence-electron chi connectivity index (χ1n) is 8.01. The van der Waals surface area contributed by atoms with Gasteiger partial charge in [0.05, 0.1) is 0 Å². The topological polar surface area (TPSA) is 17.1 Å². The maximum absolute atomic E-state index is 12.2. The molecule has 116 valence electrons. The molecule has 0 aliphatic carbocycles. The Balaban J connectivity index is 1.93. The van der Waals surface area contributed by atoms with E-state index in [0.717, 1.165) is 12.0 Å². The van der Waals surface area contributed by atoms with Crippen LogP contribution in [0.5, 0.6) is 0 Å². The van der Waals surface area contributed by atoms with Crippen LogP contribution in [0.4, 0.5) is 0 Å². The fourth-order valence-corrected chi connectivity index (χ4v) is 2.50. The molecule has 22 heavy (non-hydrogen) atoms. The molecule has 0 amide bonds. The molecule has 0 saturated heterocycles. The smallest absolute Gasteiger partial charge is 0.137 e. The molecular weight excluding hydrogens is 268 g/mol. The molecule has 0 N–H and O–H groups in total. The van der Waals surface area contributed by atoms with Crippen LogP contribution < -0.4 is 0 Å². The van der Waals surface area contributed by atoms with Crippen molar-refractivity contribution in [1.82, 2.24) is 0 Å². The van der Waals surface area contributed by atoms with Gasteiger partial charge in [0.2, 0.25) is 0 Å². The van der Waals surface area contributed by atoms with E-state index in [1.807, 2.05) is 0 Å². The van der Waals surface area contributed by atoms with E-state index >= 15 is 0 Å². The zero-order valence-corrected chi connectivity index (χ0v) is 14.1. The highest BCUT2D eigenvalue weighted by atomic mass is 16.1. The highest BCUT2D eigenvalue weighted by Crippen LogP contribution is 2.23. The molecule has 0 bridgehead atoms. The minimum atomic E-state index is 0.126. The lowest BCUT2D eigenvalue weighted by Crippen LogP contribution is -2.12. The summed E-state index contributed by atoms with van der Waals surface area (Å²) >= 11 is 0. The Hall–Kier alpha value is -1.89. The van der Waals surface area contributed by atoms with Crippen molar-refractivity contribution >= 4 is 5.78 Å². The summed E-state index contributed by atoms with van der Waals surface area (Å²) in [5.74, 6) is 0.312. The van der Waals surface area contributed by atoms with Crippen LogP contribution in [-0.2, 0) is 23.1 Å². The van der Waals surface area contributed by atoms with E-state index in [4.69, 9.17) is 0 Å². The first-order chi connectivity index (χ1) is 10.3. The van der Waals surface area contributed by atoms with E-state index in [1.54, 1.807) is 0 Å². The van der Waals surface area contributed by atoms with Gasteiger partial charge >= 0.3 is 0 Å². The maximum Gasteiger partial charge on any atom is 0.137 e. The van der Waals surface area contributed by atoms with Crippen molar-refractivity contribution in [1.29, 1.82) is 0 Å². The van der Waals surface area contributed by atoms with Gasteiger partial charge < -0.3 is 0 Å². The van der Waals surface area contributed by atoms with Crippen LogP contribution in [0, 0.1) is 6.92 Å². The van der Waals surface area contributed by atoms with Crippen molar-refractivity contribution in [3.05, 3.63) is 70.8 Å². The van der Waals surface area contributed by atoms with Gasteiger partial charge in [-0.25, -0.2) is 0 Å². The van der Waals surface area contributed by atoms with Crippen molar-refractivity contribution in [2.75, 3.05) is 0 Å². The number of benzene rings is 2. The van der Waals surface area contributed by atoms with Crippen LogP contribution >= 0.6 is 0 Å². The zero-order valence-electron chi connectivity index (χ0n) is 14.1. The minimum Gasteiger partial charge on any atom is -0.299 e. The first-order valence-corrected chi connectivity index (χ1v) is 8.01. The number of Topliss-reactive ketones (excluding diaryl/α,β-unsaturated/α-hetero) is 1. The summed E-state index contributed by atoms with van der Waals surface area (Å²) < 4.78 is 0. The standard InChI is InChI=1S/C21H26O/c1-16-8-10-17(11-9-16)12-13-20(22)15-18-6-5-7-19(14-18)21(2,3)4/h5-11,14H,12-13,15H2,1-4H3. The number of aryl methyl sites for hydroxylation is 2. The molecule has 0 heterocycles. The Morgan fingerprint density at radius 3 is 2.27 bits per heavy atom. The average Bonchev–Trinajstić information content (AvgIpc) is 2.46. The van der Waals surface area contributed by atoms with Gasteiger partial charge in [-0.05, 0) is 35.4 Å². The van der Waals surface area contributed by atoms with E-state index < -0.39 is 0 Å². The number of carbonyl (C=O) groups excluding carboxylic acids is 1. The van der Waals surface area contributed by atoms with E-state index in [1.165, 1.54) is 16.7 Å². The number of hydrogen-bond acceptors (Lipinski definition) is 1. The van der Waals surface area contributed by atoms with Crippen LogP contribution in [0.25, 0.3) is 0 Å². The highest BCUT2D eigenvalue weighted by Gasteiger charge is 2.14. The Labute approximate surface area is 134 Å². The van der Waals surface area contributed by atoms with Gasteiger partial charge in [-0.1, -0.05) is 74.9 Å². The van der Waals surface area contributed by atoms with Crippen molar-refractivity contribution in [2.45, 2.75) is 52.4 Å². The molecule has 0 unspecified atom stereocenters. The van der Waals surface area contributed by atoms with Crippen LogP contribution in [0.1, 0.15) is 49.4 Å². The lowest BCUT2D eigenvalue weighted by atomic mass is 9.85. The SMILES string of the molecule is Cc1ccc(CCC(=O)Cc2cccc(C(C)(C)C)c2)cc1. The number of rotatable bonds is 5. The van der Waals surface area contributed by atoms with Crippen molar-refractivity contribution in [2.24, 2.45) is 0 Å². The van der Waals surface area contributed by atoms with Gasteiger partial charge in [-0.3, -0.25) is 4.79 Å². The Kier molecular flexibility index (Phi) is 5.18. The predicted octanol–water partition coefficient (Wildman–Crippen LogP) is 5.04. The second-order valence-electron chi connectivity index (χ2n) is 7.15. The summed E-state index contributed by atoms with van der Waals surface area (Å²) in [6.45, 7) is 8.68. The van der Waals surface area contributed by atoms with E-state index in [0.29, 0.717) is 18.6 Å². The molecule has 0 atom stereocenters. The van der Waals surface area contributed by atoms with Crippen molar-refractivity contribution < 1.29 is 4.79 Å². The molecule has 0 aliphatic heterocycles. The summed E-state index contributed by atoms with van der Waals surface area (Å²) in [6, 6.07) is 16.9. The third-order valence-corrected chi connectivity index (χ3v) is 4.01. The molecule has 2 rings (SSSR count). The molecule has 0 saturated carbocycles. The number of carbonyl (C=O) groups is 1. The fourth-order valence-electron chi connectivity index (χ4n) is 2.50. The van der Waals surface area contributed by atoms with Gasteiger partial charge in [0.1, 0.15) is 5.78 Å². The molecule has 0 radical (unpaired) electrons. The second kappa shape index (κ2) is 6.91. The Morgan fingerprint density at radius 1 is 0.955 bits per heavy atom. The highest BCUT2D eigenvalue weighted by molar-refractivity contribution is 5.81. The molecule has 1 nitrogen and oxygen atoms in total. The summed E-state index contributed by atoms with van der Waals surface area (Å²) in [4.78, 5) is 12.2. The summed E-state index contributed by atoms with van der Waals surface area (Å²) in [7, 11) is 0. The molecule has 0 aliphatic rings. The predicted molar refractivity (Wildman–Crippen MR) is 93.4 cm³/mol. The largest absolute Gasteiger partial charge is 0.299 e. The van der Waals surface area contributed by atoms with Gasteiger partial charge in [0.15, 0.2) is 0 Å². The monoisotopic (exact) mass is 294 g/mol. The van der Waals surface area contributed by atoms with Gasteiger partial charge in [-0.15, -0.1) is 0 Å². The third-order valence-electron chi connectivity index (χ3n) is 4.01. The van der Waals surface area contributed by atoms with Crippen LogP contribution in [0.2, 0.25) is 0 Å². The Morgan fingerprint density at radius 2 is 1.64 bits per heavy atom. The van der Waals surface area contributed by atoms with Crippen LogP contribution in [0.15, 0.2) is 48.5 Å². The van der Waals surface area contributed by atoms with Crippen LogP contribution in [0.3, 0.4) is 0 Å². The number of ketones is 1.